The monoisotopic (exact) mass is 272 g/mol. The summed E-state index contributed by atoms with van der Waals surface area (Å²) < 4.78 is 0. The molecule has 1 aliphatic heterocycles. The molecule has 0 radical (unpaired) electrons. The van der Waals surface area contributed by atoms with Gasteiger partial charge in [0.1, 0.15) is 6.07 Å². The molecule has 4 nitrogen and oxygen atoms in total. The van der Waals surface area contributed by atoms with Crippen molar-refractivity contribution in [1.82, 2.24) is 10.3 Å². The maximum absolute atomic E-state index is 9.28. The van der Waals surface area contributed by atoms with Crippen LogP contribution in [0.2, 0.25) is 0 Å². The van der Waals surface area contributed by atoms with E-state index in [0.717, 1.165) is 30.2 Å². The highest BCUT2D eigenvalue weighted by Crippen LogP contribution is 2.30. The minimum atomic E-state index is 0.287. The van der Waals surface area contributed by atoms with Gasteiger partial charge in [-0.2, -0.15) is 5.26 Å². The molecule has 0 aromatic carbocycles. The van der Waals surface area contributed by atoms with E-state index in [-0.39, 0.29) is 5.41 Å². The first-order valence-corrected chi connectivity index (χ1v) is 7.29. The molecule has 20 heavy (non-hydrogen) atoms. The maximum Gasteiger partial charge on any atom is 0.103 e. The van der Waals surface area contributed by atoms with E-state index in [0.29, 0.717) is 11.6 Å². The Kier molecular flexibility index (Phi) is 4.29. The largest absolute Gasteiger partial charge is 0.382 e. The zero-order valence-corrected chi connectivity index (χ0v) is 12.9. The van der Waals surface area contributed by atoms with Gasteiger partial charge < -0.3 is 10.6 Å². The van der Waals surface area contributed by atoms with Crippen molar-refractivity contribution >= 4 is 5.69 Å². The minimum Gasteiger partial charge on any atom is -0.382 e. The van der Waals surface area contributed by atoms with Gasteiger partial charge in [0.25, 0.3) is 0 Å². The SMILES string of the molecule is Cc1cc(NCC2NCCCC2(C)C)c(C#N)c(C)n1. The summed E-state index contributed by atoms with van der Waals surface area (Å²) in [6.45, 7) is 10.4. The summed E-state index contributed by atoms with van der Waals surface area (Å²) in [5.41, 5.74) is 3.59. The predicted octanol–water partition coefficient (Wildman–Crippen LogP) is 2.76. The van der Waals surface area contributed by atoms with Crippen molar-refractivity contribution in [2.45, 2.75) is 46.6 Å². The highest BCUT2D eigenvalue weighted by Gasteiger charge is 2.31. The number of hydrogen-bond acceptors (Lipinski definition) is 4. The Morgan fingerprint density at radius 2 is 2.25 bits per heavy atom. The Bertz CT molecular complexity index is 528. The smallest absolute Gasteiger partial charge is 0.103 e. The van der Waals surface area contributed by atoms with Crippen LogP contribution in [0.3, 0.4) is 0 Å². The molecule has 0 aliphatic carbocycles. The number of aryl methyl sites for hydroxylation is 2. The summed E-state index contributed by atoms with van der Waals surface area (Å²) in [6, 6.07) is 4.64. The van der Waals surface area contributed by atoms with Crippen LogP contribution in [-0.2, 0) is 0 Å². The lowest BCUT2D eigenvalue weighted by Crippen LogP contribution is -2.50. The molecular formula is C16H24N4. The Morgan fingerprint density at radius 3 is 2.90 bits per heavy atom. The maximum atomic E-state index is 9.28. The Hall–Kier alpha value is -1.60. The molecule has 0 bridgehead atoms. The molecule has 4 heteroatoms. The molecule has 1 saturated heterocycles. The van der Waals surface area contributed by atoms with Crippen LogP contribution in [0.5, 0.6) is 0 Å². The van der Waals surface area contributed by atoms with Crippen molar-refractivity contribution in [3.63, 3.8) is 0 Å². The number of nitrogens with zero attached hydrogens (tertiary/aromatic N) is 2. The molecule has 1 aromatic heterocycles. The molecule has 2 heterocycles. The molecule has 0 spiro atoms. The molecule has 1 unspecified atom stereocenters. The summed E-state index contributed by atoms with van der Waals surface area (Å²) >= 11 is 0. The van der Waals surface area contributed by atoms with E-state index in [1.165, 1.54) is 12.8 Å². The summed E-state index contributed by atoms with van der Waals surface area (Å²) in [7, 11) is 0. The van der Waals surface area contributed by atoms with Crippen LogP contribution in [-0.4, -0.2) is 24.1 Å². The number of rotatable bonds is 3. The zero-order valence-electron chi connectivity index (χ0n) is 12.9. The van der Waals surface area contributed by atoms with Gasteiger partial charge in [-0.3, -0.25) is 4.98 Å². The third-order valence-corrected chi connectivity index (χ3v) is 4.27. The first-order valence-electron chi connectivity index (χ1n) is 7.29. The number of aromatic nitrogens is 1. The van der Waals surface area contributed by atoms with Crippen LogP contribution >= 0.6 is 0 Å². The molecule has 1 aliphatic rings. The fraction of sp³-hybridized carbons (Fsp3) is 0.625. The van der Waals surface area contributed by atoms with Gasteiger partial charge in [-0.1, -0.05) is 13.8 Å². The normalized spacial score (nSPS) is 21.2. The molecular weight excluding hydrogens is 248 g/mol. The van der Waals surface area contributed by atoms with Crippen LogP contribution in [0.4, 0.5) is 5.69 Å². The van der Waals surface area contributed by atoms with Gasteiger partial charge in [0.2, 0.25) is 0 Å². The molecule has 1 fully saturated rings. The lowest BCUT2D eigenvalue weighted by molar-refractivity contribution is 0.188. The topological polar surface area (TPSA) is 60.7 Å². The van der Waals surface area contributed by atoms with Crippen molar-refractivity contribution < 1.29 is 0 Å². The average Bonchev–Trinajstić information content (AvgIpc) is 2.36. The number of nitrogens with one attached hydrogen (secondary N) is 2. The Morgan fingerprint density at radius 1 is 1.50 bits per heavy atom. The quantitative estimate of drug-likeness (QED) is 0.888. The van der Waals surface area contributed by atoms with Crippen LogP contribution in [0.1, 0.15) is 43.6 Å². The van der Waals surface area contributed by atoms with Crippen molar-refractivity contribution in [3.05, 3.63) is 23.0 Å². The van der Waals surface area contributed by atoms with E-state index in [4.69, 9.17) is 0 Å². The predicted molar refractivity (Wildman–Crippen MR) is 81.7 cm³/mol. The molecule has 0 saturated carbocycles. The van der Waals surface area contributed by atoms with E-state index in [1.54, 1.807) is 0 Å². The van der Waals surface area contributed by atoms with E-state index in [2.05, 4.69) is 35.5 Å². The van der Waals surface area contributed by atoms with Crippen molar-refractivity contribution in [1.29, 1.82) is 5.26 Å². The molecule has 108 valence electrons. The van der Waals surface area contributed by atoms with Gasteiger partial charge in [-0.25, -0.2) is 0 Å². The highest BCUT2D eigenvalue weighted by atomic mass is 15.0. The van der Waals surface area contributed by atoms with E-state index >= 15 is 0 Å². The number of anilines is 1. The van der Waals surface area contributed by atoms with Crippen LogP contribution in [0.25, 0.3) is 0 Å². The number of hydrogen-bond donors (Lipinski definition) is 2. The number of pyridine rings is 1. The molecule has 1 aromatic rings. The highest BCUT2D eigenvalue weighted by molar-refractivity contribution is 5.59. The van der Waals surface area contributed by atoms with Crippen molar-refractivity contribution in [3.8, 4) is 6.07 Å². The first kappa shape index (κ1) is 14.8. The third-order valence-electron chi connectivity index (χ3n) is 4.27. The number of nitriles is 1. The molecule has 2 rings (SSSR count). The summed E-state index contributed by atoms with van der Waals surface area (Å²) in [4.78, 5) is 4.35. The molecule has 0 amide bonds. The standard InChI is InChI=1S/C16H24N4/c1-11-8-14(13(9-17)12(2)20-11)19-10-15-16(3,4)6-5-7-18-15/h8,15,18H,5-7,10H2,1-4H3,(H,19,20). The Balaban J connectivity index is 2.13. The van der Waals surface area contributed by atoms with E-state index < -0.39 is 0 Å². The average molecular weight is 272 g/mol. The second kappa shape index (κ2) is 5.80. The van der Waals surface area contributed by atoms with Gasteiger partial charge in [0.05, 0.1) is 16.9 Å². The Labute approximate surface area is 121 Å². The number of piperidine rings is 1. The summed E-state index contributed by atoms with van der Waals surface area (Å²) in [5, 5.41) is 16.3. The van der Waals surface area contributed by atoms with Gasteiger partial charge >= 0.3 is 0 Å². The van der Waals surface area contributed by atoms with Crippen molar-refractivity contribution in [2.24, 2.45) is 5.41 Å². The zero-order chi connectivity index (χ0) is 14.8. The van der Waals surface area contributed by atoms with Gasteiger partial charge in [-0.05, 0) is 44.7 Å². The fourth-order valence-corrected chi connectivity index (χ4v) is 2.94. The van der Waals surface area contributed by atoms with Crippen LogP contribution in [0, 0.1) is 30.6 Å². The first-order chi connectivity index (χ1) is 9.44. The third kappa shape index (κ3) is 3.10. The van der Waals surface area contributed by atoms with Crippen LogP contribution in [0.15, 0.2) is 6.07 Å². The summed E-state index contributed by atoms with van der Waals surface area (Å²) in [6.07, 6.45) is 2.48. The van der Waals surface area contributed by atoms with Gasteiger partial charge in [-0.15, -0.1) is 0 Å². The molecule has 2 N–H and O–H groups in total. The van der Waals surface area contributed by atoms with Crippen molar-refractivity contribution in [2.75, 3.05) is 18.4 Å². The second-order valence-electron chi connectivity index (χ2n) is 6.36. The summed E-state index contributed by atoms with van der Waals surface area (Å²) in [5.74, 6) is 0. The van der Waals surface area contributed by atoms with E-state index in [1.807, 2.05) is 19.9 Å². The second-order valence-corrected chi connectivity index (χ2v) is 6.36. The van der Waals surface area contributed by atoms with Gasteiger partial charge in [0.15, 0.2) is 0 Å². The van der Waals surface area contributed by atoms with Gasteiger partial charge in [0, 0.05) is 18.3 Å². The lowest BCUT2D eigenvalue weighted by atomic mass is 9.77. The molecule has 1 atom stereocenters. The lowest BCUT2D eigenvalue weighted by Gasteiger charge is -2.39. The fourth-order valence-electron chi connectivity index (χ4n) is 2.94. The van der Waals surface area contributed by atoms with Crippen LogP contribution < -0.4 is 10.6 Å². The minimum absolute atomic E-state index is 0.287. The van der Waals surface area contributed by atoms with E-state index in [9.17, 15) is 5.26 Å².